The lowest BCUT2D eigenvalue weighted by Gasteiger charge is -2.15. The minimum Gasteiger partial charge on any atom is -0.475 e. The summed E-state index contributed by atoms with van der Waals surface area (Å²) in [5.41, 5.74) is -0.881. The molecule has 2 rings (SSSR count). The van der Waals surface area contributed by atoms with Crippen molar-refractivity contribution in [1.82, 2.24) is 15.6 Å². The second-order valence-corrected chi connectivity index (χ2v) is 5.48. The maximum absolute atomic E-state index is 12.9. The van der Waals surface area contributed by atoms with Crippen LogP contribution in [0.3, 0.4) is 0 Å². The number of nitrogens with one attached hydrogen (secondary N) is 2. The van der Waals surface area contributed by atoms with E-state index in [0.29, 0.717) is 25.6 Å². The zero-order valence-electron chi connectivity index (χ0n) is 14.5. The molecule has 1 atom stereocenters. The molecule has 0 aliphatic carbocycles. The minimum absolute atomic E-state index is 0. The van der Waals surface area contributed by atoms with Crippen LogP contribution in [0.1, 0.15) is 25.3 Å². The van der Waals surface area contributed by atoms with Gasteiger partial charge in [0.05, 0.1) is 19.2 Å². The fraction of sp³-hybridized carbons (Fsp3) is 0.625. The first kappa shape index (κ1) is 22.7. The molecule has 1 unspecified atom stereocenters. The third kappa shape index (κ3) is 7.52. The van der Waals surface area contributed by atoms with E-state index in [-0.39, 0.29) is 36.7 Å². The summed E-state index contributed by atoms with van der Waals surface area (Å²) in [7, 11) is 0. The second-order valence-electron chi connectivity index (χ2n) is 5.48. The second kappa shape index (κ2) is 11.4. The Hall–Kier alpha value is -1.30. The topological polar surface area (TPSA) is 67.8 Å². The van der Waals surface area contributed by atoms with Crippen molar-refractivity contribution in [3.8, 4) is 5.88 Å². The number of nitrogens with zero attached hydrogens (tertiary/aromatic N) is 2. The molecule has 0 saturated carbocycles. The van der Waals surface area contributed by atoms with Gasteiger partial charge in [0, 0.05) is 19.3 Å². The summed E-state index contributed by atoms with van der Waals surface area (Å²) in [4.78, 5) is 8.07. The highest BCUT2D eigenvalue weighted by Crippen LogP contribution is 2.34. The van der Waals surface area contributed by atoms with Crippen molar-refractivity contribution < 1.29 is 22.6 Å². The number of hydrogen-bond donors (Lipinski definition) is 2. The van der Waals surface area contributed by atoms with Crippen molar-refractivity contribution in [3.05, 3.63) is 23.9 Å². The van der Waals surface area contributed by atoms with Crippen molar-refractivity contribution in [2.24, 2.45) is 4.99 Å². The molecule has 148 valence electrons. The first-order chi connectivity index (χ1) is 12.0. The van der Waals surface area contributed by atoms with Gasteiger partial charge in [0.2, 0.25) is 5.88 Å². The molecule has 1 aromatic heterocycles. The molecule has 1 aliphatic rings. The van der Waals surface area contributed by atoms with E-state index in [0.717, 1.165) is 25.5 Å². The Morgan fingerprint density at radius 1 is 1.42 bits per heavy atom. The van der Waals surface area contributed by atoms with E-state index in [1.807, 2.05) is 6.92 Å². The van der Waals surface area contributed by atoms with E-state index in [1.165, 1.54) is 12.3 Å². The molecule has 0 spiro atoms. The predicted octanol–water partition coefficient (Wildman–Crippen LogP) is 2.83. The number of aliphatic imine (C=N–C) groups is 1. The van der Waals surface area contributed by atoms with Crippen LogP contribution in [-0.2, 0) is 10.9 Å². The van der Waals surface area contributed by atoms with Crippen molar-refractivity contribution in [3.63, 3.8) is 0 Å². The van der Waals surface area contributed by atoms with Crippen molar-refractivity contribution in [1.29, 1.82) is 0 Å². The van der Waals surface area contributed by atoms with E-state index in [9.17, 15) is 13.2 Å². The molecule has 1 saturated heterocycles. The summed E-state index contributed by atoms with van der Waals surface area (Å²) in [5.74, 6) is 0.164. The highest BCUT2D eigenvalue weighted by atomic mass is 127. The molecule has 1 fully saturated rings. The quantitative estimate of drug-likeness (QED) is 0.268. The Labute approximate surface area is 168 Å². The van der Waals surface area contributed by atoms with E-state index >= 15 is 0 Å². The van der Waals surface area contributed by atoms with Gasteiger partial charge in [-0.1, -0.05) is 0 Å². The molecule has 0 bridgehead atoms. The lowest BCUT2D eigenvalue weighted by Crippen LogP contribution is -2.40. The fourth-order valence-corrected chi connectivity index (χ4v) is 2.36. The SMILES string of the molecule is CCNC(=NCC1CCCO1)NCCOc1ncccc1C(F)(F)F.I. The maximum Gasteiger partial charge on any atom is 0.421 e. The molecule has 1 aromatic rings. The Morgan fingerprint density at radius 3 is 2.88 bits per heavy atom. The van der Waals surface area contributed by atoms with E-state index < -0.39 is 17.6 Å². The summed E-state index contributed by atoms with van der Waals surface area (Å²) in [6, 6.07) is 2.18. The van der Waals surface area contributed by atoms with Crippen molar-refractivity contribution in [2.75, 3.05) is 32.8 Å². The zero-order chi connectivity index (χ0) is 18.1. The number of pyridine rings is 1. The van der Waals surface area contributed by atoms with Gasteiger partial charge in [-0.15, -0.1) is 24.0 Å². The van der Waals surface area contributed by atoms with Crippen LogP contribution in [0.4, 0.5) is 13.2 Å². The first-order valence-corrected chi connectivity index (χ1v) is 8.29. The summed E-state index contributed by atoms with van der Waals surface area (Å²) in [5, 5.41) is 6.10. The zero-order valence-corrected chi connectivity index (χ0v) is 16.8. The van der Waals surface area contributed by atoms with E-state index in [4.69, 9.17) is 9.47 Å². The van der Waals surface area contributed by atoms with Gasteiger partial charge in [0.15, 0.2) is 5.96 Å². The summed E-state index contributed by atoms with van der Waals surface area (Å²) < 4.78 is 49.3. The monoisotopic (exact) mass is 488 g/mol. The van der Waals surface area contributed by atoms with E-state index in [1.54, 1.807) is 0 Å². The predicted molar refractivity (Wildman–Crippen MR) is 103 cm³/mol. The average Bonchev–Trinajstić information content (AvgIpc) is 3.09. The van der Waals surface area contributed by atoms with Crippen molar-refractivity contribution in [2.45, 2.75) is 32.0 Å². The number of halogens is 4. The standard InChI is InChI=1S/C16H23F3N4O2.HI/c1-2-20-15(23-11-12-5-4-9-24-12)22-8-10-25-14-13(16(17,18)19)6-3-7-21-14;/h3,6-7,12H,2,4-5,8-11H2,1H3,(H2,20,22,23);1H. The van der Waals surface area contributed by atoms with Crippen LogP contribution in [0.5, 0.6) is 5.88 Å². The number of aromatic nitrogens is 1. The molecule has 1 aliphatic heterocycles. The summed E-state index contributed by atoms with van der Waals surface area (Å²) in [6.45, 7) is 4.26. The van der Waals surface area contributed by atoms with Gasteiger partial charge in [-0.25, -0.2) is 4.98 Å². The number of rotatable bonds is 7. The van der Waals surface area contributed by atoms with Gasteiger partial charge in [-0.05, 0) is 31.9 Å². The molecule has 10 heteroatoms. The maximum atomic E-state index is 12.9. The van der Waals surface area contributed by atoms with Crippen LogP contribution < -0.4 is 15.4 Å². The van der Waals surface area contributed by atoms with Gasteiger partial charge >= 0.3 is 6.18 Å². The van der Waals surface area contributed by atoms with Gasteiger partial charge in [-0.3, -0.25) is 4.99 Å². The Bertz CT molecular complexity index is 567. The van der Waals surface area contributed by atoms with Crippen molar-refractivity contribution >= 4 is 29.9 Å². The van der Waals surface area contributed by atoms with Gasteiger partial charge < -0.3 is 20.1 Å². The van der Waals surface area contributed by atoms with Crippen LogP contribution in [0.15, 0.2) is 23.3 Å². The highest BCUT2D eigenvalue weighted by Gasteiger charge is 2.34. The summed E-state index contributed by atoms with van der Waals surface area (Å²) in [6.07, 6.45) is -1.05. The minimum atomic E-state index is -4.49. The van der Waals surface area contributed by atoms with Gasteiger partial charge in [-0.2, -0.15) is 13.2 Å². The Morgan fingerprint density at radius 2 is 2.23 bits per heavy atom. The van der Waals surface area contributed by atoms with Crippen LogP contribution in [0.2, 0.25) is 0 Å². The fourth-order valence-electron chi connectivity index (χ4n) is 2.36. The largest absolute Gasteiger partial charge is 0.475 e. The first-order valence-electron chi connectivity index (χ1n) is 8.29. The number of guanidine groups is 1. The average molecular weight is 488 g/mol. The number of ether oxygens (including phenoxy) is 2. The molecular weight excluding hydrogens is 464 g/mol. The van der Waals surface area contributed by atoms with E-state index in [2.05, 4.69) is 20.6 Å². The highest BCUT2D eigenvalue weighted by molar-refractivity contribution is 14.0. The molecule has 0 aromatic carbocycles. The third-order valence-electron chi connectivity index (χ3n) is 3.53. The molecule has 0 radical (unpaired) electrons. The third-order valence-corrected chi connectivity index (χ3v) is 3.53. The molecule has 0 amide bonds. The Balaban J connectivity index is 0.00000338. The normalized spacial score (nSPS) is 17.5. The Kier molecular flexibility index (Phi) is 9.99. The van der Waals surface area contributed by atoms with Crippen LogP contribution >= 0.6 is 24.0 Å². The van der Waals surface area contributed by atoms with Crippen LogP contribution in [0.25, 0.3) is 0 Å². The van der Waals surface area contributed by atoms with Gasteiger partial charge in [0.25, 0.3) is 0 Å². The lowest BCUT2D eigenvalue weighted by molar-refractivity contribution is -0.139. The molecule has 2 N–H and O–H groups in total. The molecular formula is C16H24F3IN4O2. The van der Waals surface area contributed by atoms with Gasteiger partial charge in [0.1, 0.15) is 12.2 Å². The smallest absolute Gasteiger partial charge is 0.421 e. The molecule has 26 heavy (non-hydrogen) atoms. The number of hydrogen-bond acceptors (Lipinski definition) is 4. The lowest BCUT2D eigenvalue weighted by atomic mass is 10.2. The number of alkyl halides is 3. The van der Waals surface area contributed by atoms with Crippen LogP contribution in [0, 0.1) is 0 Å². The summed E-state index contributed by atoms with van der Waals surface area (Å²) >= 11 is 0. The molecule has 2 heterocycles. The van der Waals surface area contributed by atoms with Crippen LogP contribution in [-0.4, -0.2) is 49.9 Å². The molecule has 6 nitrogen and oxygen atoms in total.